The summed E-state index contributed by atoms with van der Waals surface area (Å²) in [7, 11) is 1.47. The van der Waals surface area contributed by atoms with Crippen LogP contribution in [0, 0.1) is 13.8 Å². The molecule has 0 atom stereocenters. The van der Waals surface area contributed by atoms with Gasteiger partial charge in [-0.2, -0.15) is 9.97 Å². The summed E-state index contributed by atoms with van der Waals surface area (Å²) in [6.45, 7) is 7.41. The van der Waals surface area contributed by atoms with Crippen molar-refractivity contribution >= 4 is 40.7 Å². The molecule has 0 aliphatic carbocycles. The van der Waals surface area contributed by atoms with Crippen molar-refractivity contribution in [3.05, 3.63) is 65.0 Å². The minimum atomic E-state index is -0.0576. The van der Waals surface area contributed by atoms with Crippen LogP contribution in [0.3, 0.4) is 0 Å². The highest BCUT2D eigenvalue weighted by atomic mass is 35.5. The van der Waals surface area contributed by atoms with Crippen molar-refractivity contribution < 1.29 is 9.53 Å². The van der Waals surface area contributed by atoms with Crippen molar-refractivity contribution in [2.45, 2.75) is 20.3 Å². The number of ketones is 1. The molecule has 0 spiro atoms. The summed E-state index contributed by atoms with van der Waals surface area (Å²) >= 11 is 6.15. The summed E-state index contributed by atoms with van der Waals surface area (Å²) in [4.78, 5) is 28.8. The van der Waals surface area contributed by atoms with Crippen molar-refractivity contribution in [1.82, 2.24) is 19.9 Å². The van der Waals surface area contributed by atoms with Crippen LogP contribution in [-0.4, -0.2) is 32.8 Å². The number of carbonyl (C=O) groups excluding carboxylic acids is 1. The van der Waals surface area contributed by atoms with E-state index in [0.29, 0.717) is 22.6 Å². The number of benzene rings is 1. The Morgan fingerprint density at radius 2 is 1.97 bits per heavy atom. The van der Waals surface area contributed by atoms with Crippen LogP contribution in [0.15, 0.2) is 43.2 Å². The van der Waals surface area contributed by atoms with E-state index in [0.717, 1.165) is 22.4 Å². The number of methoxy groups -OCH3 is 1. The van der Waals surface area contributed by atoms with E-state index in [4.69, 9.17) is 16.3 Å². The number of anilines is 4. The first kappa shape index (κ1) is 21.2. The molecule has 9 heteroatoms. The van der Waals surface area contributed by atoms with E-state index in [1.165, 1.54) is 19.4 Å². The van der Waals surface area contributed by atoms with Crippen LogP contribution in [0.1, 0.15) is 16.7 Å². The Balaban J connectivity index is 1.90. The molecule has 0 amide bonds. The average molecular weight is 425 g/mol. The molecule has 0 saturated heterocycles. The molecule has 0 saturated carbocycles. The van der Waals surface area contributed by atoms with Crippen molar-refractivity contribution in [1.29, 1.82) is 0 Å². The minimum absolute atomic E-state index is 0.0576. The Morgan fingerprint density at radius 1 is 1.17 bits per heavy atom. The molecule has 0 fully saturated rings. The first-order valence-corrected chi connectivity index (χ1v) is 9.46. The molecule has 30 heavy (non-hydrogen) atoms. The van der Waals surface area contributed by atoms with Gasteiger partial charge in [-0.25, -0.2) is 9.97 Å². The average Bonchev–Trinajstić information content (AvgIpc) is 2.73. The van der Waals surface area contributed by atoms with Crippen LogP contribution in [0.25, 0.3) is 0 Å². The zero-order valence-corrected chi connectivity index (χ0v) is 17.6. The van der Waals surface area contributed by atoms with Crippen molar-refractivity contribution in [2.75, 3.05) is 17.7 Å². The number of aryl methyl sites for hydroxylation is 2. The Kier molecular flexibility index (Phi) is 6.58. The quantitative estimate of drug-likeness (QED) is 0.515. The highest BCUT2D eigenvalue weighted by Gasteiger charge is 2.12. The van der Waals surface area contributed by atoms with E-state index in [1.54, 1.807) is 6.20 Å². The zero-order valence-electron chi connectivity index (χ0n) is 16.9. The normalized spacial score (nSPS) is 10.4. The lowest BCUT2D eigenvalue weighted by molar-refractivity contribution is -0.114. The van der Waals surface area contributed by atoms with Gasteiger partial charge >= 0.3 is 6.01 Å². The molecule has 0 aliphatic heterocycles. The smallest absolute Gasteiger partial charge is 0.318 e. The van der Waals surface area contributed by atoms with E-state index in [9.17, 15) is 4.79 Å². The fourth-order valence-corrected chi connectivity index (χ4v) is 2.79. The van der Waals surface area contributed by atoms with Gasteiger partial charge in [0.25, 0.3) is 0 Å². The number of ether oxygens (including phenoxy) is 1. The third kappa shape index (κ3) is 5.09. The maximum Gasteiger partial charge on any atom is 0.318 e. The number of hydrogen-bond acceptors (Lipinski definition) is 8. The Bertz CT molecular complexity index is 1100. The zero-order chi connectivity index (χ0) is 21.7. The highest BCUT2D eigenvalue weighted by molar-refractivity contribution is 6.32. The molecule has 0 unspecified atom stereocenters. The van der Waals surface area contributed by atoms with Gasteiger partial charge in [0.05, 0.1) is 13.3 Å². The lowest BCUT2D eigenvalue weighted by Crippen LogP contribution is -2.07. The topological polar surface area (TPSA) is 102 Å². The first-order chi connectivity index (χ1) is 14.4. The van der Waals surface area contributed by atoms with Gasteiger partial charge in [-0.3, -0.25) is 4.79 Å². The summed E-state index contributed by atoms with van der Waals surface area (Å²) < 4.78 is 5.02. The molecule has 1 aromatic carbocycles. The van der Waals surface area contributed by atoms with Crippen LogP contribution in [-0.2, 0) is 11.2 Å². The van der Waals surface area contributed by atoms with E-state index in [2.05, 4.69) is 37.1 Å². The lowest BCUT2D eigenvalue weighted by atomic mass is 10.0. The molecule has 0 radical (unpaired) electrons. The third-order valence-electron chi connectivity index (χ3n) is 4.21. The monoisotopic (exact) mass is 424 g/mol. The van der Waals surface area contributed by atoms with Crippen LogP contribution >= 0.6 is 11.6 Å². The Morgan fingerprint density at radius 3 is 2.70 bits per heavy atom. The molecular formula is C21H21ClN6O2. The SMILES string of the molecule is C=CC(=O)Cc1cc(C)ccc1Nc1nc(Nc2nc(OC)ncc2Cl)ncc1C. The first-order valence-electron chi connectivity index (χ1n) is 9.08. The van der Waals surface area contributed by atoms with Gasteiger partial charge in [-0.05, 0) is 31.6 Å². The summed E-state index contributed by atoms with van der Waals surface area (Å²) in [5.74, 6) is 1.14. The van der Waals surface area contributed by atoms with E-state index in [-0.39, 0.29) is 18.2 Å². The summed E-state index contributed by atoms with van der Waals surface area (Å²) in [5, 5.41) is 6.57. The molecule has 2 heterocycles. The number of hydrogen-bond donors (Lipinski definition) is 2. The van der Waals surface area contributed by atoms with E-state index < -0.39 is 0 Å². The molecular weight excluding hydrogens is 404 g/mol. The Hall–Kier alpha value is -3.52. The number of halogens is 1. The number of rotatable bonds is 8. The molecule has 3 aromatic rings. The van der Waals surface area contributed by atoms with Gasteiger partial charge in [0.1, 0.15) is 10.8 Å². The van der Waals surface area contributed by atoms with Gasteiger partial charge in [0.2, 0.25) is 5.95 Å². The van der Waals surface area contributed by atoms with Gasteiger partial charge < -0.3 is 15.4 Å². The lowest BCUT2D eigenvalue weighted by Gasteiger charge is -2.14. The van der Waals surface area contributed by atoms with Crippen molar-refractivity contribution in [3.63, 3.8) is 0 Å². The fourth-order valence-electron chi connectivity index (χ4n) is 2.65. The summed E-state index contributed by atoms with van der Waals surface area (Å²) in [6.07, 6.45) is 4.67. The maximum atomic E-state index is 11.9. The second-order valence-electron chi connectivity index (χ2n) is 6.54. The molecule has 2 aromatic heterocycles. The number of allylic oxidation sites excluding steroid dienone is 1. The van der Waals surface area contributed by atoms with Crippen LogP contribution in [0.4, 0.5) is 23.3 Å². The van der Waals surface area contributed by atoms with E-state index in [1.807, 2.05) is 32.0 Å². The number of nitrogens with one attached hydrogen (secondary N) is 2. The highest BCUT2D eigenvalue weighted by Crippen LogP contribution is 2.27. The van der Waals surface area contributed by atoms with Crippen molar-refractivity contribution in [3.8, 4) is 6.01 Å². The maximum absolute atomic E-state index is 11.9. The Labute approximate surface area is 179 Å². The second-order valence-corrected chi connectivity index (χ2v) is 6.94. The third-order valence-corrected chi connectivity index (χ3v) is 4.49. The van der Waals surface area contributed by atoms with E-state index >= 15 is 0 Å². The second kappa shape index (κ2) is 9.32. The molecule has 154 valence electrons. The fraction of sp³-hybridized carbons (Fsp3) is 0.190. The van der Waals surface area contributed by atoms with Crippen molar-refractivity contribution in [2.24, 2.45) is 0 Å². The predicted molar refractivity (Wildman–Crippen MR) is 117 cm³/mol. The molecule has 0 bridgehead atoms. The van der Waals surface area contributed by atoms with Gasteiger partial charge in [-0.1, -0.05) is 35.9 Å². The number of aromatic nitrogens is 4. The molecule has 8 nitrogen and oxygen atoms in total. The molecule has 2 N–H and O–H groups in total. The van der Waals surface area contributed by atoms with Crippen LogP contribution < -0.4 is 15.4 Å². The minimum Gasteiger partial charge on any atom is -0.467 e. The standard InChI is InChI=1S/C21H21ClN6O2/c1-5-15(29)9-14-8-12(2)6-7-17(14)25-18-13(3)10-23-20(26-18)27-19-16(22)11-24-21(28-19)30-4/h5-8,10-11H,1,9H2,2-4H3,(H2,23,24,25,26,27,28). The van der Waals surface area contributed by atoms with Gasteiger partial charge in [0.15, 0.2) is 11.6 Å². The predicted octanol–water partition coefficient (Wildman–Crippen LogP) is 4.33. The molecule has 3 rings (SSSR count). The van der Waals surface area contributed by atoms with Crippen LogP contribution in [0.5, 0.6) is 6.01 Å². The molecule has 0 aliphatic rings. The number of nitrogens with zero attached hydrogens (tertiary/aromatic N) is 4. The summed E-state index contributed by atoms with van der Waals surface area (Å²) in [5.41, 5.74) is 3.52. The van der Waals surface area contributed by atoms with Crippen LogP contribution in [0.2, 0.25) is 5.02 Å². The van der Waals surface area contributed by atoms with Gasteiger partial charge in [-0.15, -0.1) is 0 Å². The number of carbonyl (C=O) groups is 1. The largest absolute Gasteiger partial charge is 0.467 e. The van der Waals surface area contributed by atoms with Gasteiger partial charge in [0, 0.05) is 23.9 Å². The summed E-state index contributed by atoms with van der Waals surface area (Å²) in [6, 6.07) is 6.02.